The van der Waals surface area contributed by atoms with Gasteiger partial charge in [0.15, 0.2) is 5.34 Å². The lowest BCUT2D eigenvalue weighted by molar-refractivity contribution is 0.312. The van der Waals surface area contributed by atoms with Gasteiger partial charge >= 0.3 is 0 Å². The summed E-state index contributed by atoms with van der Waals surface area (Å²) in [5.74, 6) is 0. The molecule has 0 aliphatic rings. The standard InChI is InChI=1S/CH3.HNO2/c;2-1-3/h1H3;(H,2,3)/q+1;. The molecule has 0 radical (unpaired) electrons. The monoisotopic (exact) mass is 62.0 g/mol. The van der Waals surface area contributed by atoms with Crippen LogP contribution in [0, 0.1) is 12.3 Å². The lowest BCUT2D eigenvalue weighted by Gasteiger charge is -1.32. The van der Waals surface area contributed by atoms with Crippen molar-refractivity contribution in [1.82, 2.24) is 0 Å². The van der Waals surface area contributed by atoms with Crippen LogP contribution in [-0.2, 0) is 0 Å². The number of hydrogen-bond donors (Lipinski definition) is 1. The molecule has 0 rings (SSSR count). The van der Waals surface area contributed by atoms with Gasteiger partial charge in [-0.3, -0.25) is 0 Å². The van der Waals surface area contributed by atoms with Crippen molar-refractivity contribution in [2.24, 2.45) is 5.34 Å². The molecule has 0 bridgehead atoms. The van der Waals surface area contributed by atoms with E-state index in [2.05, 4.69) is 0 Å². The van der Waals surface area contributed by atoms with Crippen LogP contribution < -0.4 is 0 Å². The molecule has 0 unspecified atom stereocenters. The first-order valence-corrected chi connectivity index (χ1v) is 0.383. The SMILES string of the molecule is O=NO.[CH3+]. The summed E-state index contributed by atoms with van der Waals surface area (Å²) in [6.45, 7) is 0. The average Bonchev–Trinajstić information content (AvgIpc) is 0.918. The smallest absolute Gasteiger partial charge is 0.152 e. The third kappa shape index (κ3) is 0.174. The first kappa shape index (κ1) is 10.4. The van der Waals surface area contributed by atoms with E-state index in [-0.39, 0.29) is 7.43 Å². The van der Waals surface area contributed by atoms with Crippen LogP contribution in [0.4, 0.5) is 0 Å². The molecule has 0 aromatic heterocycles. The van der Waals surface area contributed by atoms with Crippen LogP contribution >= 0.6 is 0 Å². The molecular formula is CH4NO2+. The van der Waals surface area contributed by atoms with Crippen molar-refractivity contribution in [2.75, 3.05) is 0 Å². The van der Waals surface area contributed by atoms with Crippen molar-refractivity contribution in [3.05, 3.63) is 12.3 Å². The van der Waals surface area contributed by atoms with Gasteiger partial charge in [0.25, 0.3) is 0 Å². The fourth-order valence-corrected chi connectivity index (χ4v) is 0. The lowest BCUT2D eigenvalue weighted by atomic mass is 12.0. The maximum absolute atomic E-state index is 8.11. The van der Waals surface area contributed by atoms with Crippen molar-refractivity contribution >= 4 is 0 Å². The molecular weight excluding hydrogens is 58.0 g/mol. The van der Waals surface area contributed by atoms with Crippen molar-refractivity contribution in [3.8, 4) is 0 Å². The maximum Gasteiger partial charge on any atom is 0.152 e. The Morgan fingerprint density at radius 3 is 1.75 bits per heavy atom. The molecule has 0 saturated carbocycles. The van der Waals surface area contributed by atoms with Gasteiger partial charge in [0.05, 0.1) is 0 Å². The molecule has 0 amide bonds. The fraction of sp³-hybridized carbons (Fsp3) is 0. The normalized spacial score (nSPS) is 3.00. The van der Waals surface area contributed by atoms with Crippen LogP contribution in [0.25, 0.3) is 0 Å². The summed E-state index contributed by atoms with van der Waals surface area (Å²) in [6, 6.07) is 0. The Morgan fingerprint density at radius 2 is 1.75 bits per heavy atom. The lowest BCUT2D eigenvalue weighted by Crippen LogP contribution is -1.25. The van der Waals surface area contributed by atoms with Gasteiger partial charge in [-0.05, 0) is 0 Å². The summed E-state index contributed by atoms with van der Waals surface area (Å²) in [5.41, 5.74) is 0. The molecule has 0 aromatic rings. The highest BCUT2D eigenvalue weighted by atomic mass is 16.6. The minimum Gasteiger partial charge on any atom is -0.379 e. The summed E-state index contributed by atoms with van der Waals surface area (Å²) in [7, 11) is 0. The van der Waals surface area contributed by atoms with Gasteiger partial charge in [0.1, 0.15) is 0 Å². The second-order valence-electron chi connectivity index (χ2n) is 0.0816. The van der Waals surface area contributed by atoms with Gasteiger partial charge in [0, 0.05) is 7.43 Å². The molecule has 0 heterocycles. The van der Waals surface area contributed by atoms with E-state index in [1.807, 2.05) is 0 Å². The summed E-state index contributed by atoms with van der Waals surface area (Å²) >= 11 is 0. The summed E-state index contributed by atoms with van der Waals surface area (Å²) < 4.78 is 0. The van der Waals surface area contributed by atoms with E-state index in [9.17, 15) is 0 Å². The second kappa shape index (κ2) is 50.2. The Hall–Kier alpha value is -0.730. The Balaban J connectivity index is 0. The minimum absolute atomic E-state index is 0. The Kier molecular flexibility index (Phi) is 131. The third-order valence-corrected chi connectivity index (χ3v) is 0. The maximum atomic E-state index is 8.11. The molecule has 3 heteroatoms. The van der Waals surface area contributed by atoms with E-state index < -0.39 is 0 Å². The van der Waals surface area contributed by atoms with E-state index in [1.165, 1.54) is 5.34 Å². The van der Waals surface area contributed by atoms with Crippen LogP contribution in [0.5, 0.6) is 0 Å². The first-order chi connectivity index (χ1) is 1.41. The molecule has 3 nitrogen and oxygen atoms in total. The van der Waals surface area contributed by atoms with Gasteiger partial charge in [-0.15, -0.1) is 4.91 Å². The molecule has 0 atom stereocenters. The van der Waals surface area contributed by atoms with Crippen LogP contribution in [-0.4, -0.2) is 5.21 Å². The van der Waals surface area contributed by atoms with Crippen LogP contribution in [0.3, 0.4) is 0 Å². The highest BCUT2D eigenvalue weighted by Crippen LogP contribution is 1.25. The Morgan fingerprint density at radius 1 is 1.75 bits per heavy atom. The molecule has 24 valence electrons. The quantitative estimate of drug-likeness (QED) is 0.253. The predicted molar refractivity (Wildman–Crippen MR) is 14.0 cm³/mol. The predicted octanol–water partition coefficient (Wildman–Crippen LogP) is 0.592. The summed E-state index contributed by atoms with van der Waals surface area (Å²) in [5, 5.41) is 7.89. The van der Waals surface area contributed by atoms with Crippen LogP contribution in [0.1, 0.15) is 0 Å². The zero-order valence-corrected chi connectivity index (χ0v) is 2.30. The van der Waals surface area contributed by atoms with Gasteiger partial charge in [-0.25, -0.2) is 0 Å². The topological polar surface area (TPSA) is 49.7 Å². The van der Waals surface area contributed by atoms with Crippen molar-refractivity contribution in [3.63, 3.8) is 0 Å². The average molecular weight is 62.0 g/mol. The third-order valence-electron chi connectivity index (χ3n) is 0. The van der Waals surface area contributed by atoms with Crippen molar-refractivity contribution in [1.29, 1.82) is 0 Å². The molecule has 1 N–H and O–H groups in total. The number of rotatable bonds is 0. The van der Waals surface area contributed by atoms with Crippen LogP contribution in [0.2, 0.25) is 0 Å². The van der Waals surface area contributed by atoms with E-state index in [1.54, 1.807) is 0 Å². The zero-order valence-electron chi connectivity index (χ0n) is 2.30. The van der Waals surface area contributed by atoms with Crippen LogP contribution in [0.15, 0.2) is 5.34 Å². The fourth-order valence-electron chi connectivity index (χ4n) is 0. The van der Waals surface area contributed by atoms with Gasteiger partial charge in [-0.2, -0.15) is 0 Å². The molecule has 0 aliphatic heterocycles. The van der Waals surface area contributed by atoms with E-state index >= 15 is 0 Å². The van der Waals surface area contributed by atoms with Crippen molar-refractivity contribution in [2.45, 2.75) is 0 Å². The number of hydrogen-bond acceptors (Lipinski definition) is 2. The highest BCUT2D eigenvalue weighted by molar-refractivity contribution is 3.83. The minimum atomic E-state index is 0. The highest BCUT2D eigenvalue weighted by Gasteiger charge is 1.18. The molecule has 4 heavy (non-hydrogen) atoms. The van der Waals surface area contributed by atoms with Gasteiger partial charge in [-0.1, -0.05) is 0 Å². The molecule has 0 aromatic carbocycles. The van der Waals surface area contributed by atoms with E-state index in [0.717, 1.165) is 0 Å². The van der Waals surface area contributed by atoms with E-state index in [4.69, 9.17) is 10.1 Å². The Labute approximate surface area is 24.2 Å². The molecule has 0 aliphatic carbocycles. The molecule has 0 saturated heterocycles. The van der Waals surface area contributed by atoms with Crippen molar-refractivity contribution < 1.29 is 5.21 Å². The largest absolute Gasteiger partial charge is 0.379 e. The Bertz CT molecular complexity index is 13.5. The van der Waals surface area contributed by atoms with E-state index in [0.29, 0.717) is 0 Å². The summed E-state index contributed by atoms with van der Waals surface area (Å²) in [4.78, 5) is 8.11. The van der Waals surface area contributed by atoms with Gasteiger partial charge < -0.3 is 5.21 Å². The zero-order chi connectivity index (χ0) is 2.71. The summed E-state index contributed by atoms with van der Waals surface area (Å²) in [6.07, 6.45) is 0. The molecule has 0 spiro atoms. The first-order valence-electron chi connectivity index (χ1n) is 0.383. The second-order valence-corrected chi connectivity index (χ2v) is 0.0816. The van der Waals surface area contributed by atoms with Gasteiger partial charge in [0.2, 0.25) is 0 Å². The number of nitrogens with zero attached hydrogens (tertiary/aromatic N) is 1. The molecule has 0 fully saturated rings.